The molecule has 0 aromatic carbocycles. The van der Waals surface area contributed by atoms with E-state index in [1.807, 2.05) is 4.90 Å². The molecule has 0 radical (unpaired) electrons. The van der Waals surface area contributed by atoms with Gasteiger partial charge in [-0.2, -0.15) is 0 Å². The van der Waals surface area contributed by atoms with Crippen LogP contribution in [0.1, 0.15) is 19.8 Å². The highest BCUT2D eigenvalue weighted by Crippen LogP contribution is 2.21. The van der Waals surface area contributed by atoms with Crippen molar-refractivity contribution in [1.82, 2.24) is 9.80 Å². The van der Waals surface area contributed by atoms with Crippen molar-refractivity contribution in [3.63, 3.8) is 0 Å². The molecule has 0 bridgehead atoms. The monoisotopic (exact) mass is 270 g/mol. The second-order valence-corrected chi connectivity index (χ2v) is 4.78. The average molecular weight is 270 g/mol. The van der Waals surface area contributed by atoms with Gasteiger partial charge in [0.15, 0.2) is 0 Å². The molecule has 2 heterocycles. The molecule has 2 aliphatic rings. The summed E-state index contributed by atoms with van der Waals surface area (Å²) in [5.74, 6) is -1.25. The molecule has 1 N–H and O–H groups in total. The summed E-state index contributed by atoms with van der Waals surface area (Å²) in [6.07, 6.45) is -0.306. The van der Waals surface area contributed by atoms with Crippen LogP contribution in [-0.4, -0.2) is 71.1 Å². The number of carbonyl (C=O) groups is 3. The SMILES string of the molecule is CCN1C(=O)CC(N2CCOC(CC(=O)O)C2)C1=O. The molecule has 0 aromatic rings. The van der Waals surface area contributed by atoms with Crippen LogP contribution in [0.4, 0.5) is 0 Å². The number of amides is 2. The van der Waals surface area contributed by atoms with Crippen molar-refractivity contribution in [2.75, 3.05) is 26.2 Å². The molecule has 7 nitrogen and oxygen atoms in total. The highest BCUT2D eigenvalue weighted by molar-refractivity contribution is 6.05. The number of nitrogens with zero attached hydrogens (tertiary/aromatic N) is 2. The molecule has 2 atom stereocenters. The highest BCUT2D eigenvalue weighted by Gasteiger charge is 2.42. The van der Waals surface area contributed by atoms with Gasteiger partial charge in [0.25, 0.3) is 0 Å². The van der Waals surface area contributed by atoms with Crippen LogP contribution in [0.15, 0.2) is 0 Å². The van der Waals surface area contributed by atoms with Crippen molar-refractivity contribution in [2.24, 2.45) is 0 Å². The predicted octanol–water partition coefficient (Wildman–Crippen LogP) is -0.691. The number of likely N-dealkylation sites (tertiary alicyclic amines) is 1. The minimum Gasteiger partial charge on any atom is -0.481 e. The van der Waals surface area contributed by atoms with Gasteiger partial charge in [0.1, 0.15) is 0 Å². The van der Waals surface area contributed by atoms with Crippen LogP contribution in [0.5, 0.6) is 0 Å². The molecule has 2 unspecified atom stereocenters. The number of rotatable bonds is 4. The summed E-state index contributed by atoms with van der Waals surface area (Å²) in [6, 6.07) is -0.451. The minimum absolute atomic E-state index is 0.0805. The molecule has 2 aliphatic heterocycles. The largest absolute Gasteiger partial charge is 0.481 e. The van der Waals surface area contributed by atoms with Gasteiger partial charge in [0, 0.05) is 19.6 Å². The fourth-order valence-corrected chi connectivity index (χ4v) is 2.63. The summed E-state index contributed by atoms with van der Waals surface area (Å²) in [5, 5.41) is 8.76. The smallest absolute Gasteiger partial charge is 0.306 e. The van der Waals surface area contributed by atoms with E-state index in [4.69, 9.17) is 9.84 Å². The van der Waals surface area contributed by atoms with E-state index in [1.165, 1.54) is 4.90 Å². The zero-order valence-electron chi connectivity index (χ0n) is 10.9. The molecule has 2 saturated heterocycles. The molecule has 0 saturated carbocycles. The van der Waals surface area contributed by atoms with Crippen molar-refractivity contribution >= 4 is 17.8 Å². The van der Waals surface area contributed by atoms with Gasteiger partial charge in [-0.1, -0.05) is 0 Å². The summed E-state index contributed by atoms with van der Waals surface area (Å²) >= 11 is 0. The first-order chi connectivity index (χ1) is 9.02. The Bertz CT molecular complexity index is 398. The number of aliphatic carboxylic acids is 1. The van der Waals surface area contributed by atoms with Gasteiger partial charge in [-0.3, -0.25) is 24.2 Å². The van der Waals surface area contributed by atoms with Gasteiger partial charge >= 0.3 is 5.97 Å². The van der Waals surface area contributed by atoms with Gasteiger partial charge < -0.3 is 9.84 Å². The lowest BCUT2D eigenvalue weighted by Crippen LogP contribution is -2.50. The van der Waals surface area contributed by atoms with Crippen LogP contribution in [0.2, 0.25) is 0 Å². The second kappa shape index (κ2) is 5.66. The normalized spacial score (nSPS) is 29.0. The fourth-order valence-electron chi connectivity index (χ4n) is 2.63. The predicted molar refractivity (Wildman–Crippen MR) is 64.4 cm³/mol. The molecule has 2 rings (SSSR count). The summed E-state index contributed by atoms with van der Waals surface area (Å²) < 4.78 is 5.36. The van der Waals surface area contributed by atoms with Crippen molar-refractivity contribution < 1.29 is 24.2 Å². The molecule has 106 valence electrons. The van der Waals surface area contributed by atoms with Gasteiger partial charge in [-0.15, -0.1) is 0 Å². The van der Waals surface area contributed by atoms with E-state index in [2.05, 4.69) is 0 Å². The van der Waals surface area contributed by atoms with Crippen molar-refractivity contribution in [3.05, 3.63) is 0 Å². The first-order valence-corrected chi connectivity index (χ1v) is 6.44. The quantitative estimate of drug-likeness (QED) is 0.680. The third-order valence-corrected chi connectivity index (χ3v) is 3.55. The molecule has 0 aromatic heterocycles. The highest BCUT2D eigenvalue weighted by atomic mass is 16.5. The van der Waals surface area contributed by atoms with Gasteiger partial charge in [0.2, 0.25) is 11.8 Å². The van der Waals surface area contributed by atoms with Gasteiger partial charge in [-0.05, 0) is 6.92 Å². The number of hydrogen-bond donors (Lipinski definition) is 1. The molecular formula is C12H18N2O5. The molecule has 0 aliphatic carbocycles. The number of carbonyl (C=O) groups excluding carboxylic acids is 2. The topological polar surface area (TPSA) is 87.2 Å². The lowest BCUT2D eigenvalue weighted by Gasteiger charge is -2.35. The number of carboxylic acids is 1. The molecule has 7 heteroatoms. The minimum atomic E-state index is -0.921. The number of likely N-dealkylation sites (N-methyl/N-ethyl adjacent to an activating group) is 1. The molecule has 0 spiro atoms. The van der Waals surface area contributed by atoms with E-state index in [0.29, 0.717) is 26.2 Å². The Morgan fingerprint density at radius 1 is 1.47 bits per heavy atom. The fraction of sp³-hybridized carbons (Fsp3) is 0.750. The van der Waals surface area contributed by atoms with Gasteiger partial charge in [-0.25, -0.2) is 0 Å². The summed E-state index contributed by atoms with van der Waals surface area (Å²) in [5.41, 5.74) is 0. The molecule has 2 fully saturated rings. The lowest BCUT2D eigenvalue weighted by molar-refractivity contribution is -0.143. The molecule has 19 heavy (non-hydrogen) atoms. The van der Waals surface area contributed by atoms with E-state index in [1.54, 1.807) is 6.92 Å². The standard InChI is InChI=1S/C12H18N2O5/c1-2-14-10(15)6-9(12(14)18)13-3-4-19-8(7-13)5-11(16)17/h8-9H,2-7H2,1H3,(H,16,17). The van der Waals surface area contributed by atoms with E-state index < -0.39 is 18.1 Å². The lowest BCUT2D eigenvalue weighted by atomic mass is 10.1. The summed E-state index contributed by atoms with van der Waals surface area (Å²) in [7, 11) is 0. The van der Waals surface area contributed by atoms with E-state index in [-0.39, 0.29) is 24.7 Å². The Labute approximate surface area is 111 Å². The Morgan fingerprint density at radius 2 is 2.21 bits per heavy atom. The second-order valence-electron chi connectivity index (χ2n) is 4.78. The number of carboxylic acid groups (broad SMARTS) is 1. The third-order valence-electron chi connectivity index (χ3n) is 3.55. The Kier molecular flexibility index (Phi) is 4.16. The zero-order valence-corrected chi connectivity index (χ0v) is 10.9. The van der Waals surface area contributed by atoms with Crippen molar-refractivity contribution in [2.45, 2.75) is 31.9 Å². The Hall–Kier alpha value is -1.47. The van der Waals surface area contributed by atoms with Crippen molar-refractivity contribution in [1.29, 1.82) is 0 Å². The Morgan fingerprint density at radius 3 is 2.79 bits per heavy atom. The molecule has 2 amide bonds. The van der Waals surface area contributed by atoms with Crippen LogP contribution in [-0.2, 0) is 19.1 Å². The molecular weight excluding hydrogens is 252 g/mol. The van der Waals surface area contributed by atoms with E-state index in [0.717, 1.165) is 0 Å². The Balaban J connectivity index is 2.00. The van der Waals surface area contributed by atoms with Crippen LogP contribution >= 0.6 is 0 Å². The van der Waals surface area contributed by atoms with Crippen LogP contribution < -0.4 is 0 Å². The van der Waals surface area contributed by atoms with Gasteiger partial charge in [0.05, 0.1) is 31.6 Å². The van der Waals surface area contributed by atoms with Crippen molar-refractivity contribution in [3.8, 4) is 0 Å². The number of ether oxygens (including phenoxy) is 1. The first-order valence-electron chi connectivity index (χ1n) is 6.44. The summed E-state index contributed by atoms with van der Waals surface area (Å²) in [4.78, 5) is 37.6. The average Bonchev–Trinajstić information content (AvgIpc) is 2.64. The number of imide groups is 1. The van der Waals surface area contributed by atoms with Crippen LogP contribution in [0.3, 0.4) is 0 Å². The number of morpholine rings is 1. The van der Waals surface area contributed by atoms with Crippen LogP contribution in [0, 0.1) is 0 Å². The zero-order chi connectivity index (χ0) is 14.0. The van der Waals surface area contributed by atoms with Crippen LogP contribution in [0.25, 0.3) is 0 Å². The summed E-state index contributed by atoms with van der Waals surface area (Å²) in [6.45, 7) is 3.48. The van der Waals surface area contributed by atoms with E-state index >= 15 is 0 Å². The maximum absolute atomic E-state index is 12.1. The maximum Gasteiger partial charge on any atom is 0.306 e. The number of hydrogen-bond acceptors (Lipinski definition) is 5. The van der Waals surface area contributed by atoms with E-state index in [9.17, 15) is 14.4 Å². The maximum atomic E-state index is 12.1. The first kappa shape index (κ1) is 14.0. The third kappa shape index (κ3) is 2.93.